The quantitative estimate of drug-likeness (QED) is 0.427. The molecule has 0 heterocycles. The number of hydrogen-bond acceptors (Lipinski definition) is 1. The van der Waals surface area contributed by atoms with Crippen LogP contribution in [0.4, 0.5) is 0 Å². The van der Waals surface area contributed by atoms with Crippen LogP contribution in [0.2, 0.25) is 0 Å². The molecule has 1 aromatic carbocycles. The molecule has 0 fully saturated rings. The first-order valence-corrected chi connectivity index (χ1v) is 2.11. The monoisotopic (exact) mass is 350 g/mol. The molecule has 0 saturated carbocycles. The Bertz CT molecular complexity index is 149. The summed E-state index contributed by atoms with van der Waals surface area (Å²) in [5.41, 5.74) is 0. The minimum Gasteiger partial charge on any atom is -1.00 e. The molecule has 0 amide bonds. The van der Waals surface area contributed by atoms with Gasteiger partial charge in [0, 0.05) is 0 Å². The Morgan fingerprint density at radius 1 is 0.750 bits per heavy atom. The van der Waals surface area contributed by atoms with Crippen molar-refractivity contribution < 1.29 is 46.3 Å². The number of para-hydroxylation sites is 1. The van der Waals surface area contributed by atoms with Crippen LogP contribution in [0, 0.1) is 0 Å². The van der Waals surface area contributed by atoms with Crippen molar-refractivity contribution in [3.05, 3.63) is 30.3 Å². The summed E-state index contributed by atoms with van der Waals surface area (Å²) < 4.78 is 0. The fourth-order valence-electron chi connectivity index (χ4n) is 0.420. The van der Waals surface area contributed by atoms with Gasteiger partial charge in [0.15, 0.2) is 0 Å². The third kappa shape index (κ3) is 12.2. The predicted octanol–water partition coefficient (Wildman–Crippen LogP) is -11.2. The smallest absolute Gasteiger partial charge is 1.00 e. The molecule has 0 saturated heterocycles. The normalized spacial score (nSPS) is 5.00. The van der Waals surface area contributed by atoms with Gasteiger partial charge in [-0.3, -0.25) is 0 Å². The molecule has 1 rings (SSSR count). The van der Waals surface area contributed by atoms with Crippen LogP contribution in [0.1, 0.15) is 0 Å². The van der Waals surface area contributed by atoms with Gasteiger partial charge in [-0.15, -0.1) is 5.75 Å². The van der Waals surface area contributed by atoms with E-state index in [9.17, 15) is 5.11 Å². The Morgan fingerprint density at radius 2 is 1.08 bits per heavy atom. The molecule has 0 radical (unpaired) electrons. The van der Waals surface area contributed by atoms with Crippen LogP contribution in [-0.2, 0) is 22.4 Å². The summed E-state index contributed by atoms with van der Waals surface area (Å²) in [5.74, 6) is 0.0718. The van der Waals surface area contributed by atoms with Gasteiger partial charge in [-0.05, 0) is 0 Å². The minimum absolute atomic E-state index is 0. The Labute approximate surface area is 82.8 Å². The van der Waals surface area contributed by atoms with Crippen LogP contribution in [0.25, 0.3) is 0 Å². The molecule has 0 aliphatic heterocycles. The Balaban J connectivity index is -0.0000000327. The van der Waals surface area contributed by atoms with Crippen molar-refractivity contribution in [2.75, 3.05) is 0 Å². The van der Waals surface area contributed by atoms with Gasteiger partial charge in [-0.25, -0.2) is 0 Å². The maximum atomic E-state index is 10.3. The molecule has 12 heavy (non-hydrogen) atoms. The van der Waals surface area contributed by atoms with Crippen LogP contribution < -0.4 is 23.9 Å². The zero-order chi connectivity index (χ0) is 5.11. The van der Waals surface area contributed by atoms with Crippen LogP contribution in [0.5, 0.6) is 5.75 Å². The van der Waals surface area contributed by atoms with E-state index in [0.717, 1.165) is 0 Å². The molecular formula is C6H5F4OTa. The Morgan fingerprint density at radius 3 is 1.25 bits per heavy atom. The van der Waals surface area contributed by atoms with Crippen molar-refractivity contribution in [3.8, 4) is 5.75 Å². The molecule has 1 aromatic rings. The van der Waals surface area contributed by atoms with Crippen LogP contribution in [-0.4, -0.2) is 0 Å². The van der Waals surface area contributed by atoms with E-state index in [-0.39, 0.29) is 46.9 Å². The molecule has 1 nitrogen and oxygen atoms in total. The fraction of sp³-hybridized carbons (Fsp3) is 0. The number of rotatable bonds is 0. The first-order valence-electron chi connectivity index (χ1n) is 2.11. The van der Waals surface area contributed by atoms with E-state index >= 15 is 0 Å². The molecule has 0 spiro atoms. The molecule has 0 aliphatic carbocycles. The third-order valence-electron chi connectivity index (χ3n) is 0.743. The average Bonchev–Trinajstić information content (AvgIpc) is 1.69. The summed E-state index contributed by atoms with van der Waals surface area (Å²) >= 11 is 0. The summed E-state index contributed by atoms with van der Waals surface area (Å²) in [6.45, 7) is 0. The van der Waals surface area contributed by atoms with Crippen molar-refractivity contribution in [1.82, 2.24) is 0 Å². The predicted molar refractivity (Wildman–Crippen MR) is 25.9 cm³/mol. The topological polar surface area (TPSA) is 23.1 Å². The zero-order valence-electron chi connectivity index (χ0n) is 5.75. The van der Waals surface area contributed by atoms with Crippen LogP contribution >= 0.6 is 0 Å². The largest absolute Gasteiger partial charge is 5.00 e. The van der Waals surface area contributed by atoms with Crippen molar-refractivity contribution in [2.24, 2.45) is 0 Å². The van der Waals surface area contributed by atoms with E-state index in [0.29, 0.717) is 0 Å². The van der Waals surface area contributed by atoms with E-state index < -0.39 is 0 Å². The second-order valence-corrected chi connectivity index (χ2v) is 1.31. The molecule has 6 heteroatoms. The van der Waals surface area contributed by atoms with E-state index in [1.165, 1.54) is 12.1 Å². The van der Waals surface area contributed by atoms with E-state index in [1.807, 2.05) is 6.07 Å². The summed E-state index contributed by atoms with van der Waals surface area (Å²) in [6.07, 6.45) is 0. The first-order chi connectivity index (χ1) is 3.39. The average molecular weight is 350 g/mol. The molecule has 0 aliphatic rings. The molecule has 0 N–H and O–H groups in total. The molecule has 0 atom stereocenters. The van der Waals surface area contributed by atoms with Crippen molar-refractivity contribution in [3.63, 3.8) is 0 Å². The number of benzene rings is 1. The van der Waals surface area contributed by atoms with Crippen LogP contribution in [0.15, 0.2) is 30.3 Å². The maximum absolute atomic E-state index is 10.3. The second-order valence-electron chi connectivity index (χ2n) is 1.31. The van der Waals surface area contributed by atoms with Gasteiger partial charge in [-0.2, -0.15) is 0 Å². The standard InChI is InChI=1S/C6H6O.4FH.Ta/c7-6-4-2-1-3-5-6;;;;;/h1-5,7H;4*1H;/q;;;;;+5/p-5. The van der Waals surface area contributed by atoms with E-state index in [1.54, 1.807) is 12.1 Å². The SMILES string of the molecule is [F-].[F-].[F-].[F-].[O-]c1ccccc1.[Ta+5]. The maximum Gasteiger partial charge on any atom is 5.00 e. The van der Waals surface area contributed by atoms with Gasteiger partial charge >= 0.3 is 22.4 Å². The molecule has 0 unspecified atom stereocenters. The van der Waals surface area contributed by atoms with E-state index in [4.69, 9.17) is 0 Å². The Kier molecular flexibility index (Phi) is 42.1. The van der Waals surface area contributed by atoms with E-state index in [2.05, 4.69) is 0 Å². The Hall–Kier alpha value is -0.520. The number of hydrogen-bond donors (Lipinski definition) is 0. The van der Waals surface area contributed by atoms with Crippen molar-refractivity contribution in [2.45, 2.75) is 0 Å². The van der Waals surface area contributed by atoms with Crippen molar-refractivity contribution >= 4 is 0 Å². The molecular weight excluding hydrogens is 345 g/mol. The second kappa shape index (κ2) is 16.8. The zero-order valence-corrected chi connectivity index (χ0v) is 8.97. The van der Waals surface area contributed by atoms with Gasteiger partial charge in [0.05, 0.1) is 0 Å². The third-order valence-corrected chi connectivity index (χ3v) is 0.743. The summed E-state index contributed by atoms with van der Waals surface area (Å²) in [5, 5.41) is 10.3. The first kappa shape index (κ1) is 30.0. The van der Waals surface area contributed by atoms with Gasteiger partial charge in [0.1, 0.15) is 0 Å². The summed E-state index contributed by atoms with van der Waals surface area (Å²) in [7, 11) is 0. The molecule has 0 aromatic heterocycles. The summed E-state index contributed by atoms with van der Waals surface area (Å²) in [4.78, 5) is 0. The minimum atomic E-state index is 0. The van der Waals surface area contributed by atoms with Gasteiger partial charge < -0.3 is 23.9 Å². The van der Waals surface area contributed by atoms with Gasteiger partial charge in [0.25, 0.3) is 0 Å². The van der Waals surface area contributed by atoms with Crippen molar-refractivity contribution in [1.29, 1.82) is 0 Å². The van der Waals surface area contributed by atoms with Gasteiger partial charge in [-0.1, -0.05) is 30.3 Å². The fourth-order valence-corrected chi connectivity index (χ4v) is 0.420. The summed E-state index contributed by atoms with van der Waals surface area (Å²) in [6, 6.07) is 8.33. The number of halogens is 4. The van der Waals surface area contributed by atoms with Crippen LogP contribution in [0.3, 0.4) is 0 Å². The molecule has 68 valence electrons. The molecule has 0 bridgehead atoms. The van der Waals surface area contributed by atoms with Gasteiger partial charge in [0.2, 0.25) is 0 Å².